The molecule has 1 atom stereocenters. The first-order valence-corrected chi connectivity index (χ1v) is 6.27. The summed E-state index contributed by atoms with van der Waals surface area (Å²) in [5, 5.41) is 1.16. The molecule has 2 nitrogen and oxygen atoms in total. The standard InChI is InChI=1S/C13H12O2S/c14-13(10-5-6-15-8-10)12-7-9-3-1-2-4-11(9)16-12/h1-4,7,10H,5-6,8H2. The molecule has 1 saturated heterocycles. The Morgan fingerprint density at radius 1 is 1.38 bits per heavy atom. The molecule has 0 radical (unpaired) electrons. The van der Waals surface area contributed by atoms with E-state index in [2.05, 4.69) is 6.07 Å². The van der Waals surface area contributed by atoms with Crippen molar-refractivity contribution in [2.45, 2.75) is 6.42 Å². The van der Waals surface area contributed by atoms with Crippen LogP contribution >= 0.6 is 11.3 Å². The minimum atomic E-state index is 0.0769. The summed E-state index contributed by atoms with van der Waals surface area (Å²) in [5.41, 5.74) is 0. The second-order valence-electron chi connectivity index (χ2n) is 4.07. The van der Waals surface area contributed by atoms with Gasteiger partial charge in [-0.1, -0.05) is 18.2 Å². The molecule has 0 N–H and O–H groups in total. The van der Waals surface area contributed by atoms with Gasteiger partial charge in [-0.05, 0) is 23.9 Å². The molecule has 1 aromatic heterocycles. The number of rotatable bonds is 2. The summed E-state index contributed by atoms with van der Waals surface area (Å²) in [6.45, 7) is 1.31. The van der Waals surface area contributed by atoms with Crippen LogP contribution < -0.4 is 0 Å². The number of ether oxygens (including phenoxy) is 1. The van der Waals surface area contributed by atoms with Gasteiger partial charge in [-0.25, -0.2) is 0 Å². The molecule has 16 heavy (non-hydrogen) atoms. The zero-order valence-corrected chi connectivity index (χ0v) is 9.63. The third-order valence-electron chi connectivity index (χ3n) is 2.97. The number of hydrogen-bond donors (Lipinski definition) is 0. The smallest absolute Gasteiger partial charge is 0.178 e. The molecule has 0 spiro atoms. The summed E-state index contributed by atoms with van der Waals surface area (Å²) in [6.07, 6.45) is 0.868. The van der Waals surface area contributed by atoms with E-state index < -0.39 is 0 Å². The predicted octanol–water partition coefficient (Wildman–Crippen LogP) is 3.12. The van der Waals surface area contributed by atoms with Crippen molar-refractivity contribution >= 4 is 27.2 Å². The van der Waals surface area contributed by atoms with E-state index in [1.807, 2.05) is 24.3 Å². The lowest BCUT2D eigenvalue weighted by atomic mass is 10.0. The summed E-state index contributed by atoms with van der Waals surface area (Å²) >= 11 is 1.59. The van der Waals surface area contributed by atoms with Gasteiger partial charge in [-0.15, -0.1) is 11.3 Å². The molecule has 1 fully saturated rings. The van der Waals surface area contributed by atoms with Gasteiger partial charge in [0.1, 0.15) is 0 Å². The maximum Gasteiger partial charge on any atom is 0.178 e. The van der Waals surface area contributed by atoms with Crippen LogP contribution in [0.1, 0.15) is 16.1 Å². The van der Waals surface area contributed by atoms with Gasteiger partial charge in [-0.2, -0.15) is 0 Å². The van der Waals surface area contributed by atoms with Gasteiger partial charge in [-0.3, -0.25) is 4.79 Å². The summed E-state index contributed by atoms with van der Waals surface area (Å²) in [4.78, 5) is 13.0. The van der Waals surface area contributed by atoms with Gasteiger partial charge in [0.15, 0.2) is 5.78 Å². The lowest BCUT2D eigenvalue weighted by molar-refractivity contribution is 0.0904. The van der Waals surface area contributed by atoms with Crippen molar-refractivity contribution in [2.75, 3.05) is 13.2 Å². The molecule has 2 heterocycles. The molecule has 0 amide bonds. The van der Waals surface area contributed by atoms with Crippen molar-refractivity contribution in [2.24, 2.45) is 5.92 Å². The van der Waals surface area contributed by atoms with E-state index in [0.29, 0.717) is 6.61 Å². The summed E-state index contributed by atoms with van der Waals surface area (Å²) < 4.78 is 6.44. The Morgan fingerprint density at radius 2 is 2.25 bits per heavy atom. The van der Waals surface area contributed by atoms with Crippen LogP contribution in [0.3, 0.4) is 0 Å². The molecular weight excluding hydrogens is 220 g/mol. The quantitative estimate of drug-likeness (QED) is 0.744. The van der Waals surface area contributed by atoms with E-state index in [4.69, 9.17) is 4.74 Å². The number of Topliss-reactive ketones (excluding diaryl/α,β-unsaturated/α-hetero) is 1. The van der Waals surface area contributed by atoms with Crippen molar-refractivity contribution in [3.8, 4) is 0 Å². The molecule has 0 saturated carbocycles. The maximum atomic E-state index is 12.1. The van der Waals surface area contributed by atoms with Gasteiger partial charge in [0.25, 0.3) is 0 Å². The molecule has 1 unspecified atom stereocenters. The van der Waals surface area contributed by atoms with Crippen molar-refractivity contribution in [1.82, 2.24) is 0 Å². The van der Waals surface area contributed by atoms with Gasteiger partial charge < -0.3 is 4.74 Å². The molecule has 1 aliphatic rings. The second kappa shape index (κ2) is 4.00. The number of carbonyl (C=O) groups excluding carboxylic acids is 1. The normalized spacial score (nSPS) is 20.4. The van der Waals surface area contributed by atoms with E-state index >= 15 is 0 Å². The summed E-state index contributed by atoms with van der Waals surface area (Å²) in [5.74, 6) is 0.326. The summed E-state index contributed by atoms with van der Waals surface area (Å²) in [6, 6.07) is 10.1. The van der Waals surface area contributed by atoms with E-state index in [1.54, 1.807) is 11.3 Å². The molecular formula is C13H12O2S. The number of ketones is 1. The van der Waals surface area contributed by atoms with Crippen LogP contribution in [0.4, 0.5) is 0 Å². The highest BCUT2D eigenvalue weighted by atomic mass is 32.1. The molecule has 3 heteroatoms. The van der Waals surface area contributed by atoms with Crippen LogP contribution in [0.15, 0.2) is 30.3 Å². The van der Waals surface area contributed by atoms with Gasteiger partial charge >= 0.3 is 0 Å². The Labute approximate surface area is 97.8 Å². The molecule has 82 valence electrons. The third kappa shape index (κ3) is 1.66. The molecule has 2 aromatic rings. The first-order valence-electron chi connectivity index (χ1n) is 5.45. The van der Waals surface area contributed by atoms with Crippen LogP contribution in [-0.2, 0) is 4.74 Å². The highest BCUT2D eigenvalue weighted by Gasteiger charge is 2.25. The fourth-order valence-corrected chi connectivity index (χ4v) is 3.13. The minimum Gasteiger partial charge on any atom is -0.381 e. The Kier molecular flexibility index (Phi) is 2.50. The van der Waals surface area contributed by atoms with E-state index in [-0.39, 0.29) is 11.7 Å². The SMILES string of the molecule is O=C(c1cc2ccccc2s1)C1CCOC1. The Hall–Kier alpha value is -1.19. The molecule has 0 bridgehead atoms. The average Bonchev–Trinajstić information content (AvgIpc) is 2.97. The number of hydrogen-bond acceptors (Lipinski definition) is 3. The van der Waals surface area contributed by atoms with Crippen LogP contribution in [-0.4, -0.2) is 19.0 Å². The van der Waals surface area contributed by atoms with Crippen molar-refractivity contribution in [3.63, 3.8) is 0 Å². The zero-order chi connectivity index (χ0) is 11.0. The number of carbonyl (C=O) groups is 1. The Morgan fingerprint density at radius 3 is 3.00 bits per heavy atom. The zero-order valence-electron chi connectivity index (χ0n) is 8.81. The molecule has 0 aliphatic carbocycles. The van der Waals surface area contributed by atoms with Crippen molar-refractivity contribution < 1.29 is 9.53 Å². The molecule has 1 aliphatic heterocycles. The highest BCUT2D eigenvalue weighted by Crippen LogP contribution is 2.29. The van der Waals surface area contributed by atoms with Gasteiger partial charge in [0.2, 0.25) is 0 Å². The molecule has 3 rings (SSSR count). The van der Waals surface area contributed by atoms with Crippen LogP contribution in [0, 0.1) is 5.92 Å². The monoisotopic (exact) mass is 232 g/mol. The Bertz CT molecular complexity index is 490. The third-order valence-corrected chi connectivity index (χ3v) is 4.10. The number of benzene rings is 1. The average molecular weight is 232 g/mol. The topological polar surface area (TPSA) is 26.3 Å². The predicted molar refractivity (Wildman–Crippen MR) is 65.1 cm³/mol. The minimum absolute atomic E-state index is 0.0769. The van der Waals surface area contributed by atoms with Gasteiger partial charge in [0.05, 0.1) is 11.5 Å². The lowest BCUT2D eigenvalue weighted by Crippen LogP contribution is -2.12. The van der Waals surface area contributed by atoms with Crippen molar-refractivity contribution in [3.05, 3.63) is 35.2 Å². The van der Waals surface area contributed by atoms with E-state index in [1.165, 1.54) is 4.70 Å². The number of fused-ring (bicyclic) bond motifs is 1. The fraction of sp³-hybridized carbons (Fsp3) is 0.308. The number of thiophene rings is 1. The van der Waals surface area contributed by atoms with E-state index in [0.717, 1.165) is 23.3 Å². The summed E-state index contributed by atoms with van der Waals surface area (Å²) in [7, 11) is 0. The highest BCUT2D eigenvalue weighted by molar-refractivity contribution is 7.20. The van der Waals surface area contributed by atoms with Crippen LogP contribution in [0.25, 0.3) is 10.1 Å². The van der Waals surface area contributed by atoms with Crippen molar-refractivity contribution in [1.29, 1.82) is 0 Å². The first-order chi connectivity index (χ1) is 7.84. The lowest BCUT2D eigenvalue weighted by Gasteiger charge is -2.02. The second-order valence-corrected chi connectivity index (χ2v) is 5.16. The maximum absolute atomic E-state index is 12.1. The van der Waals surface area contributed by atoms with Crippen LogP contribution in [0.2, 0.25) is 0 Å². The fourth-order valence-electron chi connectivity index (χ4n) is 2.05. The van der Waals surface area contributed by atoms with Crippen LogP contribution in [0.5, 0.6) is 0 Å². The van der Waals surface area contributed by atoms with Gasteiger partial charge in [0, 0.05) is 17.2 Å². The first kappa shape index (κ1) is 10.00. The Balaban J connectivity index is 1.96. The largest absolute Gasteiger partial charge is 0.381 e. The molecule has 1 aromatic carbocycles. The van der Waals surface area contributed by atoms with E-state index in [9.17, 15) is 4.79 Å².